The lowest BCUT2D eigenvalue weighted by molar-refractivity contribution is -0.133. The van der Waals surface area contributed by atoms with Gasteiger partial charge in [0.05, 0.1) is 6.04 Å². The van der Waals surface area contributed by atoms with Crippen molar-refractivity contribution in [3.05, 3.63) is 35.9 Å². The molecule has 2 amide bonds. The van der Waals surface area contributed by atoms with Crippen molar-refractivity contribution in [2.45, 2.75) is 38.5 Å². The minimum absolute atomic E-state index is 0.00785. The molecule has 1 saturated heterocycles. The van der Waals surface area contributed by atoms with E-state index in [1.807, 2.05) is 30.3 Å². The maximum atomic E-state index is 12.2. The third-order valence-electron chi connectivity index (χ3n) is 4.14. The molecule has 1 heterocycles. The molecule has 2 rings (SSSR count). The van der Waals surface area contributed by atoms with Crippen LogP contribution in [0.25, 0.3) is 0 Å². The number of hydrogen-bond acceptors (Lipinski definition) is 4. The zero-order valence-electron chi connectivity index (χ0n) is 13.8. The van der Waals surface area contributed by atoms with Crippen LogP contribution < -0.4 is 5.73 Å². The number of hydrogen-bond donors (Lipinski definition) is 1. The molecule has 126 valence electrons. The van der Waals surface area contributed by atoms with E-state index in [-0.39, 0.29) is 24.6 Å². The quantitative estimate of drug-likeness (QED) is 0.914. The second-order valence-corrected chi connectivity index (χ2v) is 6.02. The molecule has 0 bridgehead atoms. The van der Waals surface area contributed by atoms with Gasteiger partial charge in [-0.3, -0.25) is 4.79 Å². The van der Waals surface area contributed by atoms with E-state index < -0.39 is 6.04 Å². The number of likely N-dealkylation sites (tertiary alicyclic amines) is 1. The van der Waals surface area contributed by atoms with Crippen molar-refractivity contribution in [2.24, 2.45) is 5.73 Å². The Balaban J connectivity index is 1.87. The standard InChI is InChI=1S/C17H25N3O3/c1-13(18)16(21)19(2)15-9-6-10-20(11-15)17(22)23-12-14-7-4-3-5-8-14/h3-5,7-8,13,15H,6,9-12,18H2,1-2H3/t13-,15+/m0/s1. The van der Waals surface area contributed by atoms with Crippen molar-refractivity contribution >= 4 is 12.0 Å². The van der Waals surface area contributed by atoms with Crippen molar-refractivity contribution in [1.29, 1.82) is 0 Å². The van der Waals surface area contributed by atoms with Crippen LogP contribution in [-0.2, 0) is 16.1 Å². The first-order valence-corrected chi connectivity index (χ1v) is 7.97. The molecule has 1 aromatic rings. The smallest absolute Gasteiger partial charge is 0.410 e. The van der Waals surface area contributed by atoms with Crippen LogP contribution in [0.4, 0.5) is 4.79 Å². The molecule has 0 saturated carbocycles. The molecule has 0 aliphatic carbocycles. The van der Waals surface area contributed by atoms with Crippen molar-refractivity contribution in [1.82, 2.24) is 9.80 Å². The highest BCUT2D eigenvalue weighted by Crippen LogP contribution is 2.17. The van der Waals surface area contributed by atoms with Crippen molar-refractivity contribution < 1.29 is 14.3 Å². The lowest BCUT2D eigenvalue weighted by Gasteiger charge is -2.37. The van der Waals surface area contributed by atoms with Crippen molar-refractivity contribution in [3.8, 4) is 0 Å². The Morgan fingerprint density at radius 3 is 2.74 bits per heavy atom. The van der Waals surface area contributed by atoms with Gasteiger partial charge in [-0.1, -0.05) is 30.3 Å². The molecule has 1 aliphatic rings. The van der Waals surface area contributed by atoms with Crippen LogP contribution in [-0.4, -0.2) is 54.0 Å². The summed E-state index contributed by atoms with van der Waals surface area (Å²) in [6.45, 7) is 3.08. The molecule has 6 nitrogen and oxygen atoms in total. The summed E-state index contributed by atoms with van der Waals surface area (Å²) in [4.78, 5) is 27.5. The van der Waals surface area contributed by atoms with Crippen LogP contribution in [0.1, 0.15) is 25.3 Å². The van der Waals surface area contributed by atoms with E-state index in [0.717, 1.165) is 18.4 Å². The molecule has 1 fully saturated rings. The van der Waals surface area contributed by atoms with E-state index in [9.17, 15) is 9.59 Å². The third kappa shape index (κ3) is 4.69. The van der Waals surface area contributed by atoms with Crippen LogP contribution in [0, 0.1) is 0 Å². The number of carbonyl (C=O) groups excluding carboxylic acids is 2. The number of carbonyl (C=O) groups is 2. The predicted octanol–water partition coefficient (Wildman–Crippen LogP) is 1.59. The fourth-order valence-electron chi connectivity index (χ4n) is 2.75. The van der Waals surface area contributed by atoms with Crippen LogP contribution in [0.3, 0.4) is 0 Å². The summed E-state index contributed by atoms with van der Waals surface area (Å²) in [6, 6.07) is 9.05. The first kappa shape index (κ1) is 17.3. The van der Waals surface area contributed by atoms with Crippen LogP contribution in [0.5, 0.6) is 0 Å². The fraction of sp³-hybridized carbons (Fsp3) is 0.529. The monoisotopic (exact) mass is 319 g/mol. The normalized spacial score (nSPS) is 19.1. The highest BCUT2D eigenvalue weighted by molar-refractivity contribution is 5.81. The molecule has 0 radical (unpaired) electrons. The summed E-state index contributed by atoms with van der Waals surface area (Å²) in [5.41, 5.74) is 6.61. The minimum atomic E-state index is -0.527. The molecular weight excluding hydrogens is 294 g/mol. The third-order valence-corrected chi connectivity index (χ3v) is 4.14. The van der Waals surface area contributed by atoms with Gasteiger partial charge in [0.2, 0.25) is 5.91 Å². The summed E-state index contributed by atoms with van der Waals surface area (Å²) in [5, 5.41) is 0. The molecule has 0 unspecified atom stereocenters. The van der Waals surface area contributed by atoms with Crippen molar-refractivity contribution in [3.63, 3.8) is 0 Å². The zero-order chi connectivity index (χ0) is 16.8. The van der Waals surface area contributed by atoms with Gasteiger partial charge in [0.15, 0.2) is 0 Å². The summed E-state index contributed by atoms with van der Waals surface area (Å²) >= 11 is 0. The Labute approximate surface area is 137 Å². The molecule has 2 atom stereocenters. The van der Waals surface area contributed by atoms with E-state index in [2.05, 4.69) is 0 Å². The van der Waals surface area contributed by atoms with Gasteiger partial charge in [0, 0.05) is 26.2 Å². The van der Waals surface area contributed by atoms with Crippen LogP contribution in [0.15, 0.2) is 30.3 Å². The minimum Gasteiger partial charge on any atom is -0.445 e. The van der Waals surface area contributed by atoms with Crippen molar-refractivity contribution in [2.75, 3.05) is 20.1 Å². The second-order valence-electron chi connectivity index (χ2n) is 6.02. The topological polar surface area (TPSA) is 75.9 Å². The fourth-order valence-corrected chi connectivity index (χ4v) is 2.75. The maximum absolute atomic E-state index is 12.2. The Kier molecular flexibility index (Phi) is 5.98. The van der Waals surface area contributed by atoms with E-state index >= 15 is 0 Å². The summed E-state index contributed by atoms with van der Waals surface area (Å²) in [7, 11) is 1.75. The van der Waals surface area contributed by atoms with E-state index in [1.165, 1.54) is 0 Å². The number of nitrogens with two attached hydrogens (primary N) is 1. The molecule has 1 aromatic carbocycles. The van der Waals surface area contributed by atoms with E-state index in [4.69, 9.17) is 10.5 Å². The number of likely N-dealkylation sites (N-methyl/N-ethyl adjacent to an activating group) is 1. The van der Waals surface area contributed by atoms with Gasteiger partial charge in [-0.25, -0.2) is 4.79 Å². The lowest BCUT2D eigenvalue weighted by atomic mass is 10.0. The Morgan fingerprint density at radius 2 is 2.09 bits per heavy atom. The maximum Gasteiger partial charge on any atom is 0.410 e. The predicted molar refractivity (Wildman–Crippen MR) is 87.6 cm³/mol. The first-order valence-electron chi connectivity index (χ1n) is 7.97. The van der Waals surface area contributed by atoms with E-state index in [0.29, 0.717) is 13.1 Å². The Bertz CT molecular complexity index is 533. The number of ether oxygens (including phenoxy) is 1. The number of nitrogens with zero attached hydrogens (tertiary/aromatic N) is 2. The Hall–Kier alpha value is -2.08. The van der Waals surface area contributed by atoms with Gasteiger partial charge < -0.3 is 20.3 Å². The van der Waals surface area contributed by atoms with Crippen LogP contribution in [0.2, 0.25) is 0 Å². The summed E-state index contributed by atoms with van der Waals surface area (Å²) in [6.07, 6.45) is 1.39. The molecular formula is C17H25N3O3. The van der Waals surface area contributed by atoms with E-state index in [1.54, 1.807) is 23.8 Å². The van der Waals surface area contributed by atoms with Gasteiger partial charge in [-0.05, 0) is 25.3 Å². The molecule has 0 spiro atoms. The summed E-state index contributed by atoms with van der Waals surface area (Å²) in [5.74, 6) is -0.102. The van der Waals surface area contributed by atoms with Gasteiger partial charge in [-0.2, -0.15) is 0 Å². The molecule has 6 heteroatoms. The largest absolute Gasteiger partial charge is 0.445 e. The second kappa shape index (κ2) is 7.97. The van der Waals surface area contributed by atoms with Gasteiger partial charge >= 0.3 is 6.09 Å². The number of piperidine rings is 1. The van der Waals surface area contributed by atoms with Gasteiger partial charge in [-0.15, -0.1) is 0 Å². The first-order chi connectivity index (χ1) is 11.0. The number of rotatable bonds is 4. The lowest BCUT2D eigenvalue weighted by Crippen LogP contribution is -2.53. The molecule has 1 aliphatic heterocycles. The van der Waals surface area contributed by atoms with Crippen LogP contribution >= 0.6 is 0 Å². The molecule has 2 N–H and O–H groups in total. The summed E-state index contributed by atoms with van der Waals surface area (Å²) < 4.78 is 5.36. The zero-order valence-corrected chi connectivity index (χ0v) is 13.8. The average Bonchev–Trinajstić information content (AvgIpc) is 2.59. The molecule has 0 aromatic heterocycles. The Morgan fingerprint density at radius 1 is 1.39 bits per heavy atom. The van der Waals surface area contributed by atoms with Gasteiger partial charge in [0.25, 0.3) is 0 Å². The SMILES string of the molecule is C[C@H](N)C(=O)N(C)[C@@H]1CCCN(C(=O)OCc2ccccc2)C1. The molecule has 23 heavy (non-hydrogen) atoms. The highest BCUT2D eigenvalue weighted by Gasteiger charge is 2.30. The number of benzene rings is 1. The van der Waals surface area contributed by atoms with Gasteiger partial charge in [0.1, 0.15) is 6.61 Å². The average molecular weight is 319 g/mol. The number of amides is 2. The highest BCUT2D eigenvalue weighted by atomic mass is 16.6.